The lowest BCUT2D eigenvalue weighted by atomic mass is 10.1. The molecule has 1 saturated heterocycles. The van der Waals surface area contributed by atoms with Crippen molar-refractivity contribution in [3.05, 3.63) is 47.3 Å². The number of amides is 1. The lowest BCUT2D eigenvalue weighted by Crippen LogP contribution is -2.35. The molecule has 1 aromatic carbocycles. The Bertz CT molecular complexity index is 892. The van der Waals surface area contributed by atoms with Crippen LogP contribution in [0.5, 0.6) is 0 Å². The summed E-state index contributed by atoms with van der Waals surface area (Å²) in [6.45, 7) is 0.807. The average Bonchev–Trinajstić information content (AvgIpc) is 3.16. The van der Waals surface area contributed by atoms with Crippen LogP contribution in [0.2, 0.25) is 0 Å². The molecule has 2 aromatic rings. The summed E-state index contributed by atoms with van der Waals surface area (Å²) in [5.74, 6) is 5.90. The third-order valence-electron chi connectivity index (χ3n) is 3.85. The van der Waals surface area contributed by atoms with Crippen LogP contribution in [0.1, 0.15) is 24.8 Å². The molecule has 1 fully saturated rings. The van der Waals surface area contributed by atoms with E-state index in [2.05, 4.69) is 16.6 Å². The van der Waals surface area contributed by atoms with Crippen molar-refractivity contribution in [2.75, 3.05) is 18.0 Å². The fourth-order valence-electron chi connectivity index (χ4n) is 2.57. The molecule has 7 heteroatoms. The van der Waals surface area contributed by atoms with Crippen LogP contribution in [0.3, 0.4) is 0 Å². The highest BCUT2D eigenvalue weighted by molar-refractivity contribution is 7.91. The van der Waals surface area contributed by atoms with Gasteiger partial charge in [0.15, 0.2) is 0 Å². The number of sulfonamides is 1. The molecule has 0 bridgehead atoms. The van der Waals surface area contributed by atoms with E-state index >= 15 is 0 Å². The van der Waals surface area contributed by atoms with E-state index in [0.29, 0.717) is 6.42 Å². The van der Waals surface area contributed by atoms with Crippen LogP contribution < -0.4 is 9.62 Å². The summed E-state index contributed by atoms with van der Waals surface area (Å²) in [5, 5.41) is 1.72. The Morgan fingerprint density at radius 3 is 2.64 bits per heavy atom. The summed E-state index contributed by atoms with van der Waals surface area (Å²) < 4.78 is 26.6. The zero-order valence-electron chi connectivity index (χ0n) is 13.6. The second-order valence-corrected chi connectivity index (χ2v) is 8.55. The van der Waals surface area contributed by atoms with Gasteiger partial charge in [0.2, 0.25) is 5.91 Å². The first-order valence-corrected chi connectivity index (χ1v) is 10.3. The Kier molecular flexibility index (Phi) is 5.53. The second kappa shape index (κ2) is 7.83. The molecule has 1 aliphatic rings. The van der Waals surface area contributed by atoms with Crippen LogP contribution in [0, 0.1) is 11.8 Å². The minimum atomic E-state index is -3.48. The van der Waals surface area contributed by atoms with Crippen LogP contribution in [-0.2, 0) is 14.8 Å². The molecular formula is C18H18N2O3S2. The Hall–Kier alpha value is -2.14. The number of carbonyl (C=O) groups is 1. The van der Waals surface area contributed by atoms with Gasteiger partial charge in [0, 0.05) is 24.2 Å². The first-order valence-electron chi connectivity index (χ1n) is 7.99. The number of benzene rings is 1. The quantitative estimate of drug-likeness (QED) is 0.837. The maximum atomic E-state index is 11.9. The molecule has 0 spiro atoms. The fraction of sp³-hybridized carbons (Fsp3) is 0.278. The number of nitrogens with zero attached hydrogens (tertiary/aromatic N) is 1. The molecule has 5 nitrogen and oxygen atoms in total. The van der Waals surface area contributed by atoms with Crippen molar-refractivity contribution in [3.8, 4) is 11.8 Å². The van der Waals surface area contributed by atoms with E-state index in [0.717, 1.165) is 30.6 Å². The maximum absolute atomic E-state index is 11.9. The first kappa shape index (κ1) is 17.7. The normalized spacial score (nSPS) is 14.9. The Balaban J connectivity index is 1.59. The highest BCUT2D eigenvalue weighted by atomic mass is 32.2. The lowest BCUT2D eigenvalue weighted by molar-refractivity contribution is -0.119. The topological polar surface area (TPSA) is 66.5 Å². The smallest absolute Gasteiger partial charge is 0.250 e. The number of carbonyl (C=O) groups excluding carboxylic acids is 1. The van der Waals surface area contributed by atoms with E-state index in [4.69, 9.17) is 0 Å². The number of nitrogens with one attached hydrogen (secondary N) is 1. The maximum Gasteiger partial charge on any atom is 0.250 e. The standard InChI is InChI=1S/C18H18N2O3S2/c21-17-6-1-2-13-20(17)16-10-8-15(9-11-16)5-3-12-19-25(22,23)18-7-4-14-24-18/h4,7-11,14,19H,1-2,6,12-13H2. The number of piperidine rings is 1. The van der Waals surface area contributed by atoms with Crippen LogP contribution >= 0.6 is 11.3 Å². The van der Waals surface area contributed by atoms with Crippen molar-refractivity contribution < 1.29 is 13.2 Å². The zero-order chi connectivity index (χ0) is 17.7. The Morgan fingerprint density at radius 2 is 1.96 bits per heavy atom. The molecule has 1 amide bonds. The van der Waals surface area contributed by atoms with Crippen molar-refractivity contribution in [2.45, 2.75) is 23.5 Å². The second-order valence-electron chi connectivity index (χ2n) is 5.61. The molecule has 3 rings (SSSR count). The van der Waals surface area contributed by atoms with Gasteiger partial charge in [-0.25, -0.2) is 8.42 Å². The predicted octanol–water partition coefficient (Wildman–Crippen LogP) is 2.60. The monoisotopic (exact) mass is 374 g/mol. The zero-order valence-corrected chi connectivity index (χ0v) is 15.2. The van der Waals surface area contributed by atoms with Gasteiger partial charge in [-0.3, -0.25) is 4.79 Å². The molecule has 0 aliphatic carbocycles. The van der Waals surface area contributed by atoms with Gasteiger partial charge in [0.1, 0.15) is 4.21 Å². The van der Waals surface area contributed by atoms with Crippen LogP contribution in [0.4, 0.5) is 5.69 Å². The first-order chi connectivity index (χ1) is 12.1. The molecule has 1 aliphatic heterocycles. The molecule has 130 valence electrons. The third-order valence-corrected chi connectivity index (χ3v) is 6.64. The van der Waals surface area contributed by atoms with Crippen molar-refractivity contribution in [2.24, 2.45) is 0 Å². The summed E-state index contributed by atoms with van der Waals surface area (Å²) in [6, 6.07) is 10.7. The van der Waals surface area contributed by atoms with Gasteiger partial charge in [-0.2, -0.15) is 4.72 Å². The number of thiophene rings is 1. The summed E-state index contributed by atoms with van der Waals surface area (Å²) >= 11 is 1.17. The van der Waals surface area contributed by atoms with E-state index in [-0.39, 0.29) is 16.7 Å². The van der Waals surface area contributed by atoms with E-state index < -0.39 is 10.0 Å². The van der Waals surface area contributed by atoms with Crippen molar-refractivity contribution in [3.63, 3.8) is 0 Å². The van der Waals surface area contributed by atoms with Crippen molar-refractivity contribution in [1.82, 2.24) is 4.72 Å². The SMILES string of the molecule is O=C1CCCCN1c1ccc(C#CCNS(=O)(=O)c2cccs2)cc1. The molecule has 0 atom stereocenters. The molecule has 1 N–H and O–H groups in total. The molecular weight excluding hydrogens is 356 g/mol. The van der Waals surface area contributed by atoms with E-state index in [1.165, 1.54) is 11.3 Å². The molecule has 2 heterocycles. The number of rotatable bonds is 4. The summed E-state index contributed by atoms with van der Waals surface area (Å²) in [5.41, 5.74) is 1.66. The van der Waals surface area contributed by atoms with Gasteiger partial charge in [-0.05, 0) is 48.6 Å². The molecule has 0 saturated carbocycles. The highest BCUT2D eigenvalue weighted by Crippen LogP contribution is 2.21. The number of anilines is 1. The van der Waals surface area contributed by atoms with Gasteiger partial charge in [0.25, 0.3) is 10.0 Å². The number of hydrogen-bond acceptors (Lipinski definition) is 4. The molecule has 25 heavy (non-hydrogen) atoms. The summed E-state index contributed by atoms with van der Waals surface area (Å²) in [7, 11) is -3.48. The van der Waals surface area contributed by atoms with Crippen LogP contribution in [0.15, 0.2) is 46.0 Å². The van der Waals surface area contributed by atoms with Crippen LogP contribution in [0.25, 0.3) is 0 Å². The lowest BCUT2D eigenvalue weighted by Gasteiger charge is -2.26. The third kappa shape index (κ3) is 4.48. The Labute approximate surface area is 151 Å². The van der Waals surface area contributed by atoms with Gasteiger partial charge >= 0.3 is 0 Å². The number of hydrogen-bond donors (Lipinski definition) is 1. The molecule has 0 radical (unpaired) electrons. The largest absolute Gasteiger partial charge is 0.312 e. The van der Waals surface area contributed by atoms with E-state index in [1.54, 1.807) is 22.4 Å². The van der Waals surface area contributed by atoms with E-state index in [1.807, 2.05) is 24.3 Å². The van der Waals surface area contributed by atoms with Gasteiger partial charge in [0.05, 0.1) is 6.54 Å². The fourth-order valence-corrected chi connectivity index (χ4v) is 4.53. The highest BCUT2D eigenvalue weighted by Gasteiger charge is 2.19. The Morgan fingerprint density at radius 1 is 1.16 bits per heavy atom. The summed E-state index contributed by atoms with van der Waals surface area (Å²) in [6.07, 6.45) is 2.59. The van der Waals surface area contributed by atoms with Crippen LogP contribution in [-0.4, -0.2) is 27.4 Å². The average molecular weight is 374 g/mol. The molecule has 1 aromatic heterocycles. The molecule has 0 unspecified atom stereocenters. The summed E-state index contributed by atoms with van der Waals surface area (Å²) in [4.78, 5) is 13.7. The van der Waals surface area contributed by atoms with E-state index in [9.17, 15) is 13.2 Å². The van der Waals surface area contributed by atoms with Gasteiger partial charge in [-0.15, -0.1) is 11.3 Å². The predicted molar refractivity (Wildman–Crippen MR) is 99.0 cm³/mol. The van der Waals surface area contributed by atoms with Gasteiger partial charge < -0.3 is 4.90 Å². The van der Waals surface area contributed by atoms with Gasteiger partial charge in [-0.1, -0.05) is 17.9 Å². The minimum absolute atomic E-state index is 0.0482. The van der Waals surface area contributed by atoms with Crippen molar-refractivity contribution in [1.29, 1.82) is 0 Å². The van der Waals surface area contributed by atoms with Crippen molar-refractivity contribution >= 4 is 33.0 Å². The minimum Gasteiger partial charge on any atom is -0.312 e.